The first-order chi connectivity index (χ1) is 6.25. The summed E-state index contributed by atoms with van der Waals surface area (Å²) in [5.41, 5.74) is 1.06. The summed E-state index contributed by atoms with van der Waals surface area (Å²) in [5, 5.41) is 6.99. The Hall–Kier alpha value is -1.36. The van der Waals surface area contributed by atoms with Crippen LogP contribution >= 0.6 is 0 Å². The van der Waals surface area contributed by atoms with Gasteiger partial charge in [0.25, 0.3) is 0 Å². The summed E-state index contributed by atoms with van der Waals surface area (Å²) < 4.78 is 4.90. The zero-order valence-electron chi connectivity index (χ0n) is 7.74. The van der Waals surface area contributed by atoms with E-state index in [1.807, 2.05) is 13.2 Å². The molecule has 2 heterocycles. The van der Waals surface area contributed by atoms with Crippen molar-refractivity contribution in [3.8, 4) is 0 Å². The van der Waals surface area contributed by atoms with Crippen LogP contribution in [0.1, 0.15) is 11.7 Å². The number of aryl methyl sites for hydroxylation is 1. The largest absolute Gasteiger partial charge is 0.378 e. The third-order valence-electron chi connectivity index (χ3n) is 1.89. The lowest BCUT2D eigenvalue weighted by atomic mass is 10.2. The molecule has 0 fully saturated rings. The van der Waals surface area contributed by atoms with E-state index in [2.05, 4.69) is 20.4 Å². The highest BCUT2D eigenvalue weighted by Crippen LogP contribution is 2.12. The summed E-state index contributed by atoms with van der Waals surface area (Å²) in [4.78, 5) is 6.30. The van der Waals surface area contributed by atoms with Crippen LogP contribution in [0.3, 0.4) is 0 Å². The second-order valence-electron chi connectivity index (χ2n) is 3.18. The van der Waals surface area contributed by atoms with Crippen LogP contribution in [0.5, 0.6) is 0 Å². The predicted octanol–water partition coefficient (Wildman–Crippen LogP) is 0.211. The Balaban J connectivity index is 2.21. The zero-order chi connectivity index (χ0) is 9.26. The summed E-state index contributed by atoms with van der Waals surface area (Å²) in [6, 6.07) is 0. The van der Waals surface area contributed by atoms with Gasteiger partial charge in [-0.2, -0.15) is 4.98 Å². The lowest BCUT2D eigenvalue weighted by Gasteiger charge is -2.22. The minimum atomic E-state index is 0.601. The molecular weight excluding hydrogens is 168 g/mol. The van der Waals surface area contributed by atoms with Gasteiger partial charge >= 0.3 is 0 Å². The van der Waals surface area contributed by atoms with Gasteiger partial charge in [-0.3, -0.25) is 4.90 Å². The van der Waals surface area contributed by atoms with E-state index in [0.29, 0.717) is 11.7 Å². The first-order valence-corrected chi connectivity index (χ1v) is 4.17. The van der Waals surface area contributed by atoms with Gasteiger partial charge in [-0.1, -0.05) is 5.16 Å². The van der Waals surface area contributed by atoms with E-state index in [1.165, 1.54) is 0 Å². The van der Waals surface area contributed by atoms with E-state index in [0.717, 1.165) is 18.8 Å². The minimum Gasteiger partial charge on any atom is -0.378 e. The van der Waals surface area contributed by atoms with Crippen molar-refractivity contribution < 1.29 is 4.52 Å². The molecule has 5 heteroatoms. The zero-order valence-corrected chi connectivity index (χ0v) is 7.74. The number of hydrogen-bond donors (Lipinski definition) is 1. The second-order valence-corrected chi connectivity index (χ2v) is 3.18. The molecule has 0 unspecified atom stereocenters. The van der Waals surface area contributed by atoms with E-state index < -0.39 is 0 Å². The Kier molecular flexibility index (Phi) is 2.02. The lowest BCUT2D eigenvalue weighted by Crippen LogP contribution is -2.34. The van der Waals surface area contributed by atoms with Crippen molar-refractivity contribution >= 4 is 5.57 Å². The first-order valence-electron chi connectivity index (χ1n) is 4.17. The van der Waals surface area contributed by atoms with Crippen LogP contribution < -0.4 is 5.32 Å². The summed E-state index contributed by atoms with van der Waals surface area (Å²) in [6.07, 6.45) is 1.93. The molecule has 0 spiro atoms. The Bertz CT molecular complexity index is 331. The fourth-order valence-electron chi connectivity index (χ4n) is 1.28. The number of aromatic nitrogens is 2. The van der Waals surface area contributed by atoms with Crippen LogP contribution in [0.2, 0.25) is 0 Å². The summed E-state index contributed by atoms with van der Waals surface area (Å²) in [5.74, 6) is 1.28. The van der Waals surface area contributed by atoms with Crippen molar-refractivity contribution in [2.75, 3.05) is 20.3 Å². The minimum absolute atomic E-state index is 0.601. The van der Waals surface area contributed by atoms with Crippen molar-refractivity contribution in [2.24, 2.45) is 0 Å². The fraction of sp³-hybridized carbons (Fsp3) is 0.500. The molecule has 5 nitrogen and oxygen atoms in total. The predicted molar refractivity (Wildman–Crippen MR) is 47.6 cm³/mol. The molecule has 70 valence electrons. The molecule has 0 radical (unpaired) electrons. The van der Waals surface area contributed by atoms with Gasteiger partial charge in [0.2, 0.25) is 11.7 Å². The van der Waals surface area contributed by atoms with Gasteiger partial charge in [0.1, 0.15) is 0 Å². The quantitative estimate of drug-likeness (QED) is 0.669. The molecule has 1 aliphatic heterocycles. The topological polar surface area (TPSA) is 54.2 Å². The van der Waals surface area contributed by atoms with Gasteiger partial charge in [0, 0.05) is 25.2 Å². The Morgan fingerprint density at radius 1 is 1.62 bits per heavy atom. The molecule has 1 aliphatic rings. The van der Waals surface area contributed by atoms with E-state index in [9.17, 15) is 0 Å². The third-order valence-corrected chi connectivity index (χ3v) is 1.89. The summed E-state index contributed by atoms with van der Waals surface area (Å²) in [7, 11) is 2.03. The molecular formula is C8H12N4O. The van der Waals surface area contributed by atoms with Crippen molar-refractivity contribution in [3.05, 3.63) is 17.9 Å². The van der Waals surface area contributed by atoms with Gasteiger partial charge in [-0.15, -0.1) is 0 Å². The molecule has 0 saturated heterocycles. The molecule has 0 aliphatic carbocycles. The van der Waals surface area contributed by atoms with Crippen LogP contribution in [0.25, 0.3) is 5.57 Å². The normalized spacial score (nSPS) is 18.2. The molecule has 1 aromatic heterocycles. The third kappa shape index (κ3) is 1.70. The van der Waals surface area contributed by atoms with Gasteiger partial charge < -0.3 is 9.84 Å². The molecule has 0 atom stereocenters. The molecule has 1 aromatic rings. The number of rotatable bonds is 1. The van der Waals surface area contributed by atoms with Crippen molar-refractivity contribution in [2.45, 2.75) is 6.92 Å². The van der Waals surface area contributed by atoms with Gasteiger partial charge in [-0.25, -0.2) is 0 Å². The summed E-state index contributed by atoms with van der Waals surface area (Å²) >= 11 is 0. The molecule has 1 N–H and O–H groups in total. The highest BCUT2D eigenvalue weighted by Gasteiger charge is 2.14. The van der Waals surface area contributed by atoms with Crippen LogP contribution in [0, 0.1) is 6.92 Å². The van der Waals surface area contributed by atoms with E-state index in [1.54, 1.807) is 6.92 Å². The average Bonchev–Trinajstić information content (AvgIpc) is 2.52. The van der Waals surface area contributed by atoms with Crippen LogP contribution in [-0.2, 0) is 0 Å². The lowest BCUT2D eigenvalue weighted by molar-refractivity contribution is 0.347. The monoisotopic (exact) mass is 180 g/mol. The number of nitrogens with one attached hydrogen (secondary N) is 1. The SMILES string of the molecule is Cc1nc(C2=CNCN(C)C2)no1. The number of nitrogens with zero attached hydrogens (tertiary/aromatic N) is 3. The van der Waals surface area contributed by atoms with Crippen molar-refractivity contribution in [1.82, 2.24) is 20.4 Å². The van der Waals surface area contributed by atoms with Crippen LogP contribution in [0.4, 0.5) is 0 Å². The molecule has 0 aromatic carbocycles. The van der Waals surface area contributed by atoms with Crippen molar-refractivity contribution in [1.29, 1.82) is 0 Å². The van der Waals surface area contributed by atoms with Crippen LogP contribution in [-0.4, -0.2) is 35.3 Å². The Labute approximate surface area is 76.4 Å². The van der Waals surface area contributed by atoms with Gasteiger partial charge in [-0.05, 0) is 7.05 Å². The maximum atomic E-state index is 4.90. The standard InChI is InChI=1S/C8H12N4O/c1-6-10-8(11-13-6)7-3-9-5-12(2)4-7/h3,9H,4-5H2,1-2H3. The summed E-state index contributed by atoms with van der Waals surface area (Å²) in [6.45, 7) is 3.50. The Morgan fingerprint density at radius 2 is 2.46 bits per heavy atom. The number of hydrogen-bond acceptors (Lipinski definition) is 5. The van der Waals surface area contributed by atoms with E-state index in [4.69, 9.17) is 4.52 Å². The molecule has 2 rings (SSSR count). The highest BCUT2D eigenvalue weighted by atomic mass is 16.5. The smallest absolute Gasteiger partial charge is 0.223 e. The van der Waals surface area contributed by atoms with E-state index in [-0.39, 0.29) is 0 Å². The first kappa shape index (κ1) is 8.25. The average molecular weight is 180 g/mol. The molecule has 0 amide bonds. The maximum Gasteiger partial charge on any atom is 0.223 e. The van der Waals surface area contributed by atoms with Gasteiger partial charge in [0.15, 0.2) is 0 Å². The highest BCUT2D eigenvalue weighted by molar-refractivity contribution is 5.61. The number of likely N-dealkylation sites (N-methyl/N-ethyl adjacent to an activating group) is 1. The van der Waals surface area contributed by atoms with Crippen LogP contribution in [0.15, 0.2) is 10.7 Å². The molecule has 13 heavy (non-hydrogen) atoms. The van der Waals surface area contributed by atoms with Gasteiger partial charge in [0.05, 0.1) is 6.67 Å². The van der Waals surface area contributed by atoms with E-state index >= 15 is 0 Å². The Morgan fingerprint density at radius 3 is 3.08 bits per heavy atom. The second kappa shape index (κ2) is 3.18. The molecule has 0 saturated carbocycles. The maximum absolute atomic E-state index is 4.90. The molecule has 0 bridgehead atoms. The fourth-order valence-corrected chi connectivity index (χ4v) is 1.28. The van der Waals surface area contributed by atoms with Crippen molar-refractivity contribution in [3.63, 3.8) is 0 Å².